The summed E-state index contributed by atoms with van der Waals surface area (Å²) in [5.74, 6) is 0.858. The van der Waals surface area contributed by atoms with Crippen LogP contribution in [0.2, 0.25) is 0 Å². The number of hydrogen-bond donors (Lipinski definition) is 1. The zero-order chi connectivity index (χ0) is 15.5. The van der Waals surface area contributed by atoms with Crippen molar-refractivity contribution in [3.8, 4) is 5.75 Å². The average Bonchev–Trinajstić information content (AvgIpc) is 2.47. The number of aliphatic hydroxyl groups is 1. The summed E-state index contributed by atoms with van der Waals surface area (Å²) in [6.45, 7) is 6.74. The Bertz CT molecular complexity index is 583. The third-order valence-corrected chi connectivity index (χ3v) is 4.22. The third-order valence-electron chi connectivity index (χ3n) is 3.63. The van der Waals surface area contributed by atoms with Crippen molar-refractivity contribution in [3.63, 3.8) is 0 Å². The smallest absolute Gasteiger partial charge is 0.136 e. The van der Waals surface area contributed by atoms with E-state index in [0.717, 1.165) is 26.9 Å². The van der Waals surface area contributed by atoms with E-state index >= 15 is 0 Å². The van der Waals surface area contributed by atoms with Gasteiger partial charge in [-0.3, -0.25) is 0 Å². The molecule has 0 aliphatic rings. The number of hydrogen-bond acceptors (Lipinski definition) is 2. The van der Waals surface area contributed by atoms with Gasteiger partial charge in [-0.1, -0.05) is 50.2 Å². The summed E-state index contributed by atoms with van der Waals surface area (Å²) in [6.07, 6.45) is 0. The van der Waals surface area contributed by atoms with E-state index in [1.165, 1.54) is 0 Å². The normalized spacial score (nSPS) is 11.5. The lowest BCUT2D eigenvalue weighted by atomic mass is 9.85. The van der Waals surface area contributed by atoms with Crippen LogP contribution in [-0.4, -0.2) is 11.7 Å². The lowest BCUT2D eigenvalue weighted by Crippen LogP contribution is -2.22. The van der Waals surface area contributed by atoms with Crippen LogP contribution in [0.5, 0.6) is 5.75 Å². The van der Waals surface area contributed by atoms with Crippen LogP contribution in [0.4, 0.5) is 0 Å². The molecule has 0 spiro atoms. The van der Waals surface area contributed by atoms with Crippen LogP contribution in [0.25, 0.3) is 0 Å². The molecule has 0 atom stereocenters. The second-order valence-electron chi connectivity index (χ2n) is 5.92. The average molecular weight is 349 g/mol. The Morgan fingerprint density at radius 3 is 2.38 bits per heavy atom. The highest BCUT2D eigenvalue weighted by Crippen LogP contribution is 2.35. The Labute approximate surface area is 134 Å². The van der Waals surface area contributed by atoms with Crippen molar-refractivity contribution in [2.24, 2.45) is 0 Å². The minimum atomic E-state index is -0.259. The molecular formula is C18H21BrO2. The first-order chi connectivity index (χ1) is 9.94. The van der Waals surface area contributed by atoms with Crippen LogP contribution in [0.3, 0.4) is 0 Å². The lowest BCUT2D eigenvalue weighted by Gasteiger charge is -2.24. The molecule has 0 bridgehead atoms. The largest absolute Gasteiger partial charge is 0.487 e. The number of ether oxygens (including phenoxy) is 1. The van der Waals surface area contributed by atoms with Crippen molar-refractivity contribution in [3.05, 3.63) is 63.6 Å². The van der Waals surface area contributed by atoms with E-state index in [1.807, 2.05) is 57.2 Å². The maximum atomic E-state index is 9.50. The molecule has 0 fully saturated rings. The first-order valence-electron chi connectivity index (χ1n) is 7.02. The molecule has 0 amide bonds. The highest BCUT2D eigenvalue weighted by atomic mass is 79.9. The summed E-state index contributed by atoms with van der Waals surface area (Å²) in [6, 6.07) is 14.2. The third kappa shape index (κ3) is 3.86. The first-order valence-corrected chi connectivity index (χ1v) is 7.81. The Kier molecular flexibility index (Phi) is 5.07. The van der Waals surface area contributed by atoms with Gasteiger partial charge in [-0.2, -0.15) is 0 Å². The van der Waals surface area contributed by atoms with E-state index in [-0.39, 0.29) is 12.0 Å². The maximum absolute atomic E-state index is 9.50. The van der Waals surface area contributed by atoms with E-state index in [1.54, 1.807) is 0 Å². The molecule has 2 nitrogen and oxygen atoms in total. The molecule has 0 aliphatic heterocycles. The minimum absolute atomic E-state index is 0.114. The van der Waals surface area contributed by atoms with E-state index < -0.39 is 0 Å². The van der Waals surface area contributed by atoms with Gasteiger partial charge < -0.3 is 9.84 Å². The van der Waals surface area contributed by atoms with Gasteiger partial charge in [0.1, 0.15) is 12.4 Å². The Morgan fingerprint density at radius 2 is 1.81 bits per heavy atom. The van der Waals surface area contributed by atoms with Gasteiger partial charge in [0.15, 0.2) is 0 Å². The zero-order valence-electron chi connectivity index (χ0n) is 12.7. The van der Waals surface area contributed by atoms with Gasteiger partial charge in [-0.25, -0.2) is 0 Å². The molecule has 0 aromatic heterocycles. The molecular weight excluding hydrogens is 328 g/mol. The molecule has 0 saturated heterocycles. The molecule has 0 radical (unpaired) electrons. The van der Waals surface area contributed by atoms with Gasteiger partial charge in [0.05, 0.1) is 11.1 Å². The van der Waals surface area contributed by atoms with E-state index in [4.69, 9.17) is 4.74 Å². The summed E-state index contributed by atoms with van der Waals surface area (Å²) >= 11 is 3.59. The van der Waals surface area contributed by atoms with Crippen molar-refractivity contribution < 1.29 is 9.84 Å². The molecule has 0 aliphatic carbocycles. The van der Waals surface area contributed by atoms with Crippen LogP contribution in [-0.2, 0) is 12.0 Å². The second kappa shape index (κ2) is 6.63. The molecule has 0 saturated carbocycles. The lowest BCUT2D eigenvalue weighted by molar-refractivity contribution is 0.218. The fourth-order valence-corrected chi connectivity index (χ4v) is 2.80. The highest BCUT2D eigenvalue weighted by Gasteiger charge is 2.21. The second-order valence-corrected chi connectivity index (χ2v) is 6.77. The summed E-state index contributed by atoms with van der Waals surface area (Å²) in [7, 11) is 0. The summed E-state index contributed by atoms with van der Waals surface area (Å²) < 4.78 is 6.87. The van der Waals surface area contributed by atoms with Gasteiger partial charge in [-0.05, 0) is 45.6 Å². The molecule has 112 valence electrons. The molecule has 0 unspecified atom stereocenters. The van der Waals surface area contributed by atoms with Crippen LogP contribution < -0.4 is 4.74 Å². The number of rotatable bonds is 5. The molecule has 2 aromatic rings. The maximum Gasteiger partial charge on any atom is 0.136 e. The predicted molar refractivity (Wildman–Crippen MR) is 89.8 cm³/mol. The molecule has 1 N–H and O–H groups in total. The number of aliphatic hydroxyl groups excluding tert-OH is 1. The van der Waals surface area contributed by atoms with E-state index in [9.17, 15) is 5.11 Å². The molecule has 3 heteroatoms. The number of aryl methyl sites for hydroxylation is 1. The van der Waals surface area contributed by atoms with Crippen LogP contribution in [0, 0.1) is 6.92 Å². The van der Waals surface area contributed by atoms with Gasteiger partial charge in [0, 0.05) is 5.41 Å². The fraction of sp³-hybridized carbons (Fsp3) is 0.333. The summed E-state index contributed by atoms with van der Waals surface area (Å²) in [5, 5.41) is 9.50. The Balaban J connectivity index is 2.22. The topological polar surface area (TPSA) is 29.5 Å². The summed E-state index contributed by atoms with van der Waals surface area (Å²) in [5.41, 5.74) is 3.05. The first kappa shape index (κ1) is 16.1. The fourth-order valence-electron chi connectivity index (χ4n) is 2.13. The monoisotopic (exact) mass is 348 g/mol. The van der Waals surface area contributed by atoms with Gasteiger partial charge in [0.2, 0.25) is 0 Å². The highest BCUT2D eigenvalue weighted by molar-refractivity contribution is 9.10. The Morgan fingerprint density at radius 1 is 1.14 bits per heavy atom. The number of halogens is 1. The van der Waals surface area contributed by atoms with Crippen molar-refractivity contribution in [1.29, 1.82) is 0 Å². The predicted octanol–water partition coefficient (Wildman–Crippen LogP) is 4.61. The summed E-state index contributed by atoms with van der Waals surface area (Å²) in [4.78, 5) is 0. The molecule has 21 heavy (non-hydrogen) atoms. The minimum Gasteiger partial charge on any atom is -0.487 e. The van der Waals surface area contributed by atoms with Crippen LogP contribution in [0.1, 0.15) is 30.5 Å². The SMILES string of the molecule is Cc1cc(C(C)(C)CO)cc(Br)c1OCc1ccccc1. The molecule has 0 heterocycles. The van der Waals surface area contributed by atoms with E-state index in [2.05, 4.69) is 22.0 Å². The quantitative estimate of drug-likeness (QED) is 0.854. The van der Waals surface area contributed by atoms with Gasteiger partial charge in [-0.15, -0.1) is 0 Å². The van der Waals surface area contributed by atoms with E-state index in [0.29, 0.717) is 6.61 Å². The van der Waals surface area contributed by atoms with Crippen LogP contribution in [0.15, 0.2) is 46.9 Å². The Hall–Kier alpha value is -1.32. The number of benzene rings is 2. The standard InChI is InChI=1S/C18H21BrO2/c1-13-9-15(18(2,3)12-20)10-16(19)17(13)21-11-14-7-5-4-6-8-14/h4-10,20H,11-12H2,1-3H3. The van der Waals surface area contributed by atoms with Gasteiger partial charge in [0.25, 0.3) is 0 Å². The van der Waals surface area contributed by atoms with Crippen LogP contribution >= 0.6 is 15.9 Å². The van der Waals surface area contributed by atoms with Crippen molar-refractivity contribution >= 4 is 15.9 Å². The van der Waals surface area contributed by atoms with Crippen molar-refractivity contribution in [2.45, 2.75) is 32.8 Å². The molecule has 2 rings (SSSR count). The van der Waals surface area contributed by atoms with Crippen molar-refractivity contribution in [2.75, 3.05) is 6.61 Å². The van der Waals surface area contributed by atoms with Crippen molar-refractivity contribution in [1.82, 2.24) is 0 Å². The van der Waals surface area contributed by atoms with Gasteiger partial charge >= 0.3 is 0 Å². The molecule has 2 aromatic carbocycles. The zero-order valence-corrected chi connectivity index (χ0v) is 14.3.